The van der Waals surface area contributed by atoms with Crippen LogP contribution in [-0.4, -0.2) is 34.1 Å². The lowest BCUT2D eigenvalue weighted by Gasteiger charge is -2.09. The molecule has 4 aromatic rings. The van der Waals surface area contributed by atoms with Gasteiger partial charge in [-0.3, -0.25) is 4.79 Å². The van der Waals surface area contributed by atoms with Crippen LogP contribution in [0.2, 0.25) is 0 Å². The highest BCUT2D eigenvalue weighted by Gasteiger charge is 2.23. The summed E-state index contributed by atoms with van der Waals surface area (Å²) in [6.07, 6.45) is 1.91. The van der Waals surface area contributed by atoms with Crippen LogP contribution in [0.1, 0.15) is 35.7 Å². The number of nitrogens with two attached hydrogens (primary N) is 1. The summed E-state index contributed by atoms with van der Waals surface area (Å²) in [6, 6.07) is 15.4. The number of aromatic nitrogens is 3. The molecule has 0 radical (unpaired) electrons. The predicted octanol–water partition coefficient (Wildman–Crippen LogP) is 3.75. The number of benzene rings is 2. The Bertz CT molecular complexity index is 1200. The number of anilines is 1. The van der Waals surface area contributed by atoms with Gasteiger partial charge in [-0.2, -0.15) is 0 Å². The Kier molecular flexibility index (Phi) is 5.52. The fourth-order valence-corrected chi connectivity index (χ4v) is 3.48. The van der Waals surface area contributed by atoms with Gasteiger partial charge in [0.05, 0.1) is 24.7 Å². The largest absolute Gasteiger partial charge is 0.497 e. The Morgan fingerprint density at radius 1 is 1.10 bits per heavy atom. The smallest absolute Gasteiger partial charge is 0.257 e. The minimum atomic E-state index is -0.219. The zero-order chi connectivity index (χ0) is 21.1. The van der Waals surface area contributed by atoms with Gasteiger partial charge in [-0.1, -0.05) is 37.6 Å². The lowest BCUT2D eigenvalue weighted by Crippen LogP contribution is -2.25. The van der Waals surface area contributed by atoms with E-state index in [1.807, 2.05) is 53.1 Å². The highest BCUT2D eigenvalue weighted by Crippen LogP contribution is 2.29. The minimum absolute atomic E-state index is 0.219. The average Bonchev–Trinajstić information content (AvgIpc) is 3.03. The van der Waals surface area contributed by atoms with Gasteiger partial charge in [-0.15, -0.1) is 0 Å². The standard InChI is InChI=1S/C23H25N5O2/c1-3-4-13-25-23(29)19-20-22(27-18-8-6-5-7-17(18)26-20)28(21(19)24)14-15-9-11-16(30-2)12-10-15/h5-12H,3-4,13-14,24H2,1-2H3,(H,25,29). The van der Waals surface area contributed by atoms with E-state index < -0.39 is 0 Å². The summed E-state index contributed by atoms with van der Waals surface area (Å²) in [7, 11) is 1.64. The normalized spacial score (nSPS) is 11.1. The van der Waals surface area contributed by atoms with Crippen LogP contribution >= 0.6 is 0 Å². The minimum Gasteiger partial charge on any atom is -0.497 e. The van der Waals surface area contributed by atoms with Gasteiger partial charge in [0.25, 0.3) is 5.91 Å². The Labute approximate surface area is 174 Å². The molecule has 1 amide bonds. The van der Waals surface area contributed by atoms with Crippen molar-refractivity contribution in [3.63, 3.8) is 0 Å². The first kappa shape index (κ1) is 19.7. The number of unbranched alkanes of at least 4 members (excludes halogenated alkanes) is 1. The molecular formula is C23H25N5O2. The quantitative estimate of drug-likeness (QED) is 0.458. The van der Waals surface area contributed by atoms with Crippen molar-refractivity contribution in [2.75, 3.05) is 19.4 Å². The molecule has 0 saturated heterocycles. The van der Waals surface area contributed by atoms with Crippen LogP contribution in [-0.2, 0) is 6.54 Å². The fourth-order valence-electron chi connectivity index (χ4n) is 3.48. The molecule has 3 N–H and O–H groups in total. The number of amides is 1. The molecule has 0 atom stereocenters. The van der Waals surface area contributed by atoms with Crippen molar-refractivity contribution in [3.05, 3.63) is 59.7 Å². The molecule has 0 fully saturated rings. The Balaban J connectivity index is 1.84. The second-order valence-electron chi connectivity index (χ2n) is 7.19. The number of nitrogens with one attached hydrogen (secondary N) is 1. The second kappa shape index (κ2) is 8.41. The molecule has 0 aliphatic carbocycles. The summed E-state index contributed by atoms with van der Waals surface area (Å²) in [5.41, 5.74) is 10.5. The molecular weight excluding hydrogens is 378 g/mol. The van der Waals surface area contributed by atoms with E-state index in [1.54, 1.807) is 7.11 Å². The van der Waals surface area contributed by atoms with Gasteiger partial charge in [0, 0.05) is 6.54 Å². The van der Waals surface area contributed by atoms with Gasteiger partial charge in [-0.05, 0) is 36.2 Å². The van der Waals surface area contributed by atoms with Crippen molar-refractivity contribution in [1.82, 2.24) is 19.9 Å². The number of fused-ring (bicyclic) bond motifs is 2. The first-order chi connectivity index (χ1) is 14.6. The van der Waals surface area contributed by atoms with Crippen LogP contribution in [0.15, 0.2) is 48.5 Å². The van der Waals surface area contributed by atoms with E-state index in [2.05, 4.69) is 12.2 Å². The van der Waals surface area contributed by atoms with E-state index in [9.17, 15) is 4.79 Å². The third-order valence-electron chi connectivity index (χ3n) is 5.13. The number of hydrogen-bond donors (Lipinski definition) is 2. The van der Waals surface area contributed by atoms with Crippen LogP contribution in [0, 0.1) is 0 Å². The molecule has 2 aromatic heterocycles. The average molecular weight is 403 g/mol. The van der Waals surface area contributed by atoms with Crippen molar-refractivity contribution in [2.45, 2.75) is 26.3 Å². The molecule has 0 aliphatic rings. The number of rotatable bonds is 7. The first-order valence-electron chi connectivity index (χ1n) is 10.1. The van der Waals surface area contributed by atoms with E-state index in [1.165, 1.54) is 0 Å². The van der Waals surface area contributed by atoms with Gasteiger partial charge < -0.3 is 20.4 Å². The molecule has 4 rings (SSSR count). The van der Waals surface area contributed by atoms with Crippen molar-refractivity contribution in [1.29, 1.82) is 0 Å². The van der Waals surface area contributed by atoms with Gasteiger partial charge >= 0.3 is 0 Å². The summed E-state index contributed by atoms with van der Waals surface area (Å²) in [5.74, 6) is 0.931. The SMILES string of the molecule is CCCCNC(=O)c1c(N)n(Cc2ccc(OC)cc2)c2nc3ccccc3nc12. The molecule has 0 spiro atoms. The highest BCUT2D eigenvalue weighted by molar-refractivity contribution is 6.10. The van der Waals surface area contributed by atoms with Crippen molar-refractivity contribution in [2.24, 2.45) is 0 Å². The number of nitrogen functional groups attached to an aromatic ring is 1. The number of carbonyl (C=O) groups is 1. The van der Waals surface area contributed by atoms with Gasteiger partial charge in [0.15, 0.2) is 5.65 Å². The maximum atomic E-state index is 13.0. The van der Waals surface area contributed by atoms with Crippen molar-refractivity contribution >= 4 is 33.9 Å². The molecule has 2 aromatic carbocycles. The molecule has 154 valence electrons. The molecule has 30 heavy (non-hydrogen) atoms. The van der Waals surface area contributed by atoms with E-state index in [-0.39, 0.29) is 5.91 Å². The Hall–Kier alpha value is -3.61. The number of ether oxygens (including phenoxy) is 1. The summed E-state index contributed by atoms with van der Waals surface area (Å²) in [5, 5.41) is 2.96. The van der Waals surface area contributed by atoms with Crippen LogP contribution in [0.25, 0.3) is 22.2 Å². The second-order valence-corrected chi connectivity index (χ2v) is 7.19. The molecule has 0 aliphatic heterocycles. The molecule has 2 heterocycles. The van der Waals surface area contributed by atoms with Crippen molar-refractivity contribution < 1.29 is 9.53 Å². The zero-order valence-corrected chi connectivity index (χ0v) is 17.2. The Morgan fingerprint density at radius 2 is 1.80 bits per heavy atom. The molecule has 0 unspecified atom stereocenters. The van der Waals surface area contributed by atoms with Gasteiger partial charge in [0.1, 0.15) is 22.6 Å². The number of para-hydroxylation sites is 2. The number of nitrogens with zero attached hydrogens (tertiary/aromatic N) is 3. The summed E-state index contributed by atoms with van der Waals surface area (Å²) in [4.78, 5) is 22.5. The van der Waals surface area contributed by atoms with E-state index in [4.69, 9.17) is 20.4 Å². The maximum absolute atomic E-state index is 13.0. The van der Waals surface area contributed by atoms with Crippen LogP contribution in [0.3, 0.4) is 0 Å². The summed E-state index contributed by atoms with van der Waals surface area (Å²) < 4.78 is 7.09. The van der Waals surface area contributed by atoms with E-state index in [0.29, 0.717) is 35.6 Å². The first-order valence-corrected chi connectivity index (χ1v) is 10.1. The summed E-state index contributed by atoms with van der Waals surface area (Å²) in [6.45, 7) is 3.15. The topological polar surface area (TPSA) is 95.1 Å². The molecule has 7 heteroatoms. The van der Waals surface area contributed by atoms with Gasteiger partial charge in [-0.25, -0.2) is 9.97 Å². The van der Waals surface area contributed by atoms with E-state index in [0.717, 1.165) is 35.2 Å². The highest BCUT2D eigenvalue weighted by atomic mass is 16.5. The van der Waals surface area contributed by atoms with E-state index >= 15 is 0 Å². The molecule has 0 bridgehead atoms. The summed E-state index contributed by atoms with van der Waals surface area (Å²) >= 11 is 0. The number of methoxy groups -OCH3 is 1. The monoisotopic (exact) mass is 403 g/mol. The Morgan fingerprint density at radius 3 is 2.47 bits per heavy atom. The third kappa shape index (κ3) is 3.66. The number of carbonyl (C=O) groups excluding carboxylic acids is 1. The fraction of sp³-hybridized carbons (Fsp3) is 0.261. The zero-order valence-electron chi connectivity index (χ0n) is 17.2. The van der Waals surface area contributed by atoms with Crippen LogP contribution in [0.5, 0.6) is 5.75 Å². The van der Waals surface area contributed by atoms with Crippen LogP contribution in [0.4, 0.5) is 5.82 Å². The lowest BCUT2D eigenvalue weighted by atomic mass is 10.2. The van der Waals surface area contributed by atoms with Gasteiger partial charge in [0.2, 0.25) is 0 Å². The molecule has 7 nitrogen and oxygen atoms in total. The molecule has 0 saturated carbocycles. The van der Waals surface area contributed by atoms with Crippen LogP contribution < -0.4 is 15.8 Å². The predicted molar refractivity (Wildman–Crippen MR) is 119 cm³/mol. The number of hydrogen-bond acceptors (Lipinski definition) is 5. The maximum Gasteiger partial charge on any atom is 0.257 e. The third-order valence-corrected chi connectivity index (χ3v) is 5.13. The lowest BCUT2D eigenvalue weighted by molar-refractivity contribution is 0.0955. The van der Waals surface area contributed by atoms with Crippen molar-refractivity contribution in [3.8, 4) is 5.75 Å².